The molecular formula is C17H30BNO3S. The Morgan fingerprint density at radius 3 is 2.52 bits per heavy atom. The molecule has 0 spiro atoms. The highest BCUT2D eigenvalue weighted by molar-refractivity contribution is 7.89. The topological polar surface area (TPSA) is 55.4 Å². The van der Waals surface area contributed by atoms with Crippen molar-refractivity contribution >= 4 is 22.2 Å². The molecule has 0 aliphatic heterocycles. The van der Waals surface area contributed by atoms with Crippen LogP contribution in [0.25, 0.3) is 0 Å². The van der Waals surface area contributed by atoms with Crippen molar-refractivity contribution in [2.45, 2.75) is 58.6 Å². The van der Waals surface area contributed by atoms with Gasteiger partial charge in [-0.1, -0.05) is 58.8 Å². The summed E-state index contributed by atoms with van der Waals surface area (Å²) in [6.07, 6.45) is 2.93. The van der Waals surface area contributed by atoms with Crippen LogP contribution in [0.3, 0.4) is 0 Å². The monoisotopic (exact) mass is 339 g/mol. The van der Waals surface area contributed by atoms with Crippen molar-refractivity contribution in [3.8, 4) is 5.75 Å². The first kappa shape index (κ1) is 20.0. The van der Waals surface area contributed by atoms with Crippen molar-refractivity contribution in [2.24, 2.45) is 5.92 Å². The molecule has 0 aromatic heterocycles. The van der Waals surface area contributed by atoms with Gasteiger partial charge < -0.3 is 4.74 Å². The third-order valence-corrected chi connectivity index (χ3v) is 5.43. The largest absolute Gasteiger partial charge is 0.494 e. The van der Waals surface area contributed by atoms with Crippen LogP contribution in [0.5, 0.6) is 5.75 Å². The first-order valence-corrected chi connectivity index (χ1v) is 10.1. The smallest absolute Gasteiger partial charge is 0.240 e. The average molecular weight is 339 g/mol. The number of rotatable bonds is 10. The van der Waals surface area contributed by atoms with Gasteiger partial charge in [-0.3, -0.25) is 0 Å². The molecule has 1 N–H and O–H groups in total. The van der Waals surface area contributed by atoms with E-state index in [4.69, 9.17) is 4.74 Å². The highest BCUT2D eigenvalue weighted by Gasteiger charge is 2.23. The summed E-state index contributed by atoms with van der Waals surface area (Å²) in [7, 11) is -3.50. The van der Waals surface area contributed by atoms with Crippen molar-refractivity contribution in [3.63, 3.8) is 0 Å². The maximum Gasteiger partial charge on any atom is 0.240 e. The van der Waals surface area contributed by atoms with E-state index in [1.54, 1.807) is 13.0 Å². The van der Waals surface area contributed by atoms with Gasteiger partial charge in [0.2, 0.25) is 10.0 Å². The number of nitrogens with one attached hydrogen (secondary N) is 1. The zero-order valence-corrected chi connectivity index (χ0v) is 15.9. The molecule has 0 atom stereocenters. The molecular weight excluding hydrogens is 309 g/mol. The predicted molar refractivity (Wildman–Crippen MR) is 98.6 cm³/mol. The quantitative estimate of drug-likeness (QED) is 0.666. The van der Waals surface area contributed by atoms with Gasteiger partial charge in [-0.05, 0) is 24.5 Å². The molecule has 0 unspecified atom stereocenters. The van der Waals surface area contributed by atoms with E-state index in [0.717, 1.165) is 24.6 Å². The van der Waals surface area contributed by atoms with E-state index in [1.165, 1.54) is 0 Å². The normalized spacial score (nSPS) is 11.7. The number of hydrogen-bond acceptors (Lipinski definition) is 3. The van der Waals surface area contributed by atoms with Crippen LogP contribution in [0.2, 0.25) is 13.1 Å². The Labute approximate surface area is 142 Å². The third-order valence-electron chi connectivity index (χ3n) is 3.83. The van der Waals surface area contributed by atoms with Gasteiger partial charge in [-0.25, -0.2) is 13.1 Å². The molecule has 1 rings (SSSR count). The summed E-state index contributed by atoms with van der Waals surface area (Å²) >= 11 is 0. The minimum Gasteiger partial charge on any atom is -0.494 e. The molecule has 0 amide bonds. The summed E-state index contributed by atoms with van der Waals surface area (Å²) in [5.41, 5.74) is 0.865. The first-order chi connectivity index (χ1) is 10.8. The number of benzene rings is 1. The Morgan fingerprint density at radius 2 is 1.96 bits per heavy atom. The van der Waals surface area contributed by atoms with Gasteiger partial charge in [0.25, 0.3) is 0 Å². The SMILES string of the molecule is CCCB(C)c1ccc(OCCC(C)C)cc1S(=O)(=O)NCC. The molecule has 1 aromatic rings. The molecule has 0 heterocycles. The summed E-state index contributed by atoms with van der Waals surface area (Å²) in [5.74, 6) is 1.18. The highest BCUT2D eigenvalue weighted by atomic mass is 32.2. The third kappa shape index (κ3) is 6.19. The molecule has 0 aliphatic carbocycles. The van der Waals surface area contributed by atoms with Crippen LogP contribution in [0.1, 0.15) is 40.5 Å². The lowest BCUT2D eigenvalue weighted by Crippen LogP contribution is -2.35. The molecule has 4 nitrogen and oxygen atoms in total. The molecule has 1 aromatic carbocycles. The van der Waals surface area contributed by atoms with E-state index < -0.39 is 10.0 Å². The van der Waals surface area contributed by atoms with Crippen molar-refractivity contribution in [1.82, 2.24) is 4.72 Å². The van der Waals surface area contributed by atoms with E-state index in [0.29, 0.717) is 29.7 Å². The van der Waals surface area contributed by atoms with Gasteiger partial charge >= 0.3 is 0 Å². The lowest BCUT2D eigenvalue weighted by molar-refractivity contribution is 0.289. The Bertz CT molecular complexity index is 588. The van der Waals surface area contributed by atoms with E-state index in [9.17, 15) is 8.42 Å². The zero-order chi connectivity index (χ0) is 17.5. The molecule has 0 fully saturated rings. The molecule has 6 heteroatoms. The van der Waals surface area contributed by atoms with Crippen molar-refractivity contribution < 1.29 is 13.2 Å². The molecule has 0 saturated heterocycles. The first-order valence-electron chi connectivity index (χ1n) is 8.58. The summed E-state index contributed by atoms with van der Waals surface area (Å²) in [6.45, 7) is 11.4. The second-order valence-corrected chi connectivity index (χ2v) is 8.16. The summed E-state index contributed by atoms with van der Waals surface area (Å²) in [6, 6.07) is 5.45. The van der Waals surface area contributed by atoms with Crippen molar-refractivity contribution in [1.29, 1.82) is 0 Å². The Morgan fingerprint density at radius 1 is 1.26 bits per heavy atom. The van der Waals surface area contributed by atoms with Crippen LogP contribution in [-0.2, 0) is 10.0 Å². The number of ether oxygens (including phenoxy) is 1. The zero-order valence-electron chi connectivity index (χ0n) is 15.1. The number of hydrogen-bond donors (Lipinski definition) is 1. The fourth-order valence-corrected chi connectivity index (χ4v) is 3.90. The van der Waals surface area contributed by atoms with Gasteiger partial charge in [0.1, 0.15) is 5.75 Å². The van der Waals surface area contributed by atoms with E-state index in [-0.39, 0.29) is 6.71 Å². The molecule has 0 bridgehead atoms. The van der Waals surface area contributed by atoms with E-state index >= 15 is 0 Å². The van der Waals surface area contributed by atoms with Crippen LogP contribution in [0.4, 0.5) is 0 Å². The molecule has 130 valence electrons. The number of sulfonamides is 1. The Hall–Kier alpha value is -1.01. The fourth-order valence-electron chi connectivity index (χ4n) is 2.51. The summed E-state index contributed by atoms with van der Waals surface area (Å²) < 4.78 is 33.4. The summed E-state index contributed by atoms with van der Waals surface area (Å²) in [4.78, 5) is 0.349. The fraction of sp³-hybridized carbons (Fsp3) is 0.647. The van der Waals surface area contributed by atoms with Gasteiger partial charge in [-0.2, -0.15) is 0 Å². The highest BCUT2D eigenvalue weighted by Crippen LogP contribution is 2.18. The maximum absolute atomic E-state index is 12.5. The van der Waals surface area contributed by atoms with Crippen LogP contribution < -0.4 is 14.9 Å². The minimum absolute atomic E-state index is 0.202. The minimum atomic E-state index is -3.50. The average Bonchev–Trinajstić information content (AvgIpc) is 2.47. The van der Waals surface area contributed by atoms with Gasteiger partial charge in [0.15, 0.2) is 6.71 Å². The van der Waals surface area contributed by atoms with E-state index in [2.05, 4.69) is 32.3 Å². The lowest BCUT2D eigenvalue weighted by Gasteiger charge is -2.16. The molecule has 0 radical (unpaired) electrons. The molecule has 23 heavy (non-hydrogen) atoms. The second-order valence-electron chi connectivity index (χ2n) is 6.42. The van der Waals surface area contributed by atoms with Crippen LogP contribution in [0, 0.1) is 5.92 Å². The van der Waals surface area contributed by atoms with Crippen LogP contribution >= 0.6 is 0 Å². The Balaban J connectivity index is 3.12. The second kappa shape index (κ2) is 9.33. The predicted octanol–water partition coefficient (Wildman–Crippen LogP) is 3.15. The van der Waals surface area contributed by atoms with Crippen molar-refractivity contribution in [2.75, 3.05) is 13.2 Å². The molecule has 0 aliphatic rings. The van der Waals surface area contributed by atoms with Crippen LogP contribution in [0.15, 0.2) is 23.1 Å². The molecule has 0 saturated carbocycles. The maximum atomic E-state index is 12.5. The van der Waals surface area contributed by atoms with Crippen molar-refractivity contribution in [3.05, 3.63) is 18.2 Å². The van der Waals surface area contributed by atoms with Gasteiger partial charge in [0, 0.05) is 6.54 Å². The van der Waals surface area contributed by atoms with Gasteiger partial charge in [-0.15, -0.1) is 0 Å². The standard InChI is InChI=1S/C17H30BNO3S/c1-6-11-18(5)16-9-8-15(22-12-10-14(3)4)13-17(16)23(20,21)19-7-2/h8-9,13-14,19H,6-7,10-12H2,1-5H3. The van der Waals surface area contributed by atoms with Crippen LogP contribution in [-0.4, -0.2) is 28.3 Å². The lowest BCUT2D eigenvalue weighted by atomic mass is 9.44. The summed E-state index contributed by atoms with van der Waals surface area (Å²) in [5, 5.41) is 0. The van der Waals surface area contributed by atoms with E-state index in [1.807, 2.05) is 12.1 Å². The Kier molecular flexibility index (Phi) is 8.13. The van der Waals surface area contributed by atoms with Gasteiger partial charge in [0.05, 0.1) is 11.5 Å².